The summed E-state index contributed by atoms with van der Waals surface area (Å²) >= 11 is 1.88. The van der Waals surface area contributed by atoms with Crippen LogP contribution < -0.4 is 5.73 Å². The number of nitrogens with two attached hydrogens (primary N) is 1. The average Bonchev–Trinajstić information content (AvgIpc) is 2.65. The number of hydrogen-bond acceptors (Lipinski definition) is 3. The van der Waals surface area contributed by atoms with E-state index in [0.29, 0.717) is 6.04 Å². The highest BCUT2D eigenvalue weighted by molar-refractivity contribution is 7.12. The molecule has 0 aliphatic carbocycles. The topological polar surface area (TPSA) is 29.3 Å². The van der Waals surface area contributed by atoms with E-state index in [1.807, 2.05) is 11.3 Å². The molecule has 0 saturated heterocycles. The van der Waals surface area contributed by atoms with Crippen LogP contribution >= 0.6 is 11.3 Å². The lowest BCUT2D eigenvalue weighted by atomic mass is 10.1. The van der Waals surface area contributed by atoms with Crippen molar-refractivity contribution in [2.45, 2.75) is 52.6 Å². The van der Waals surface area contributed by atoms with Gasteiger partial charge in [0.1, 0.15) is 0 Å². The Kier molecular flexibility index (Phi) is 6.17. The monoisotopic (exact) mass is 254 g/mol. The van der Waals surface area contributed by atoms with Crippen LogP contribution in [0.5, 0.6) is 0 Å². The van der Waals surface area contributed by atoms with Gasteiger partial charge in [-0.25, -0.2) is 0 Å². The van der Waals surface area contributed by atoms with Crippen LogP contribution in [0, 0.1) is 6.92 Å². The molecule has 0 amide bonds. The van der Waals surface area contributed by atoms with Crippen LogP contribution in [-0.4, -0.2) is 24.0 Å². The Morgan fingerprint density at radius 2 is 1.82 bits per heavy atom. The summed E-state index contributed by atoms with van der Waals surface area (Å²) < 4.78 is 0. The lowest BCUT2D eigenvalue weighted by molar-refractivity contribution is 0.179. The van der Waals surface area contributed by atoms with E-state index < -0.39 is 0 Å². The van der Waals surface area contributed by atoms with Crippen LogP contribution in [0.2, 0.25) is 0 Å². The van der Waals surface area contributed by atoms with Crippen LogP contribution in [0.1, 0.15) is 49.4 Å². The summed E-state index contributed by atoms with van der Waals surface area (Å²) in [5.41, 5.74) is 6.20. The molecular formula is C14H26N2S. The zero-order valence-electron chi connectivity index (χ0n) is 11.6. The minimum atomic E-state index is 0.186. The van der Waals surface area contributed by atoms with Crippen molar-refractivity contribution in [3.8, 4) is 0 Å². The van der Waals surface area contributed by atoms with E-state index in [9.17, 15) is 0 Å². The standard InChI is InChI=1S/C14H26N2S/c1-5-9-16(10-6-2)14(12(4)15)13-8-7-11(3)17-13/h7-8,12,14H,5-6,9-10,15H2,1-4H3. The fraction of sp³-hybridized carbons (Fsp3) is 0.714. The molecule has 0 spiro atoms. The predicted molar refractivity (Wildman–Crippen MR) is 77.6 cm³/mol. The van der Waals surface area contributed by atoms with Crippen LogP contribution in [0.15, 0.2) is 12.1 Å². The van der Waals surface area contributed by atoms with Gasteiger partial charge in [0.05, 0.1) is 6.04 Å². The molecule has 2 N–H and O–H groups in total. The number of rotatable bonds is 7. The van der Waals surface area contributed by atoms with Gasteiger partial charge < -0.3 is 5.73 Å². The molecule has 0 radical (unpaired) electrons. The third kappa shape index (κ3) is 4.09. The zero-order valence-corrected chi connectivity index (χ0v) is 12.4. The van der Waals surface area contributed by atoms with Crippen molar-refractivity contribution in [1.82, 2.24) is 4.90 Å². The zero-order chi connectivity index (χ0) is 12.8. The number of thiophene rings is 1. The molecule has 2 unspecified atom stereocenters. The van der Waals surface area contributed by atoms with Gasteiger partial charge in [-0.05, 0) is 51.9 Å². The van der Waals surface area contributed by atoms with E-state index in [4.69, 9.17) is 5.73 Å². The van der Waals surface area contributed by atoms with Crippen molar-refractivity contribution in [2.75, 3.05) is 13.1 Å². The van der Waals surface area contributed by atoms with Gasteiger partial charge in [-0.1, -0.05) is 13.8 Å². The van der Waals surface area contributed by atoms with Gasteiger partial charge in [-0.2, -0.15) is 0 Å². The summed E-state index contributed by atoms with van der Waals surface area (Å²) in [7, 11) is 0. The summed E-state index contributed by atoms with van der Waals surface area (Å²) in [6.45, 7) is 11.0. The number of nitrogens with zero attached hydrogens (tertiary/aromatic N) is 1. The maximum absolute atomic E-state index is 6.20. The second-order valence-corrected chi connectivity index (χ2v) is 6.11. The van der Waals surface area contributed by atoms with Gasteiger partial charge in [0.2, 0.25) is 0 Å². The van der Waals surface area contributed by atoms with Gasteiger partial charge in [-0.3, -0.25) is 4.90 Å². The first-order chi connectivity index (χ1) is 8.10. The van der Waals surface area contributed by atoms with Gasteiger partial charge in [0.25, 0.3) is 0 Å². The van der Waals surface area contributed by atoms with E-state index in [-0.39, 0.29) is 6.04 Å². The smallest absolute Gasteiger partial charge is 0.0590 e. The molecule has 0 aromatic carbocycles. The average molecular weight is 254 g/mol. The van der Waals surface area contributed by atoms with E-state index in [1.165, 1.54) is 22.6 Å². The predicted octanol–water partition coefficient (Wildman–Crippen LogP) is 3.57. The molecule has 1 aromatic heterocycles. The molecule has 0 saturated carbocycles. The van der Waals surface area contributed by atoms with Crippen LogP contribution in [0.3, 0.4) is 0 Å². The van der Waals surface area contributed by atoms with Crippen molar-refractivity contribution >= 4 is 11.3 Å². The molecule has 1 aromatic rings. The summed E-state index contributed by atoms with van der Waals surface area (Å²) in [6.07, 6.45) is 2.38. The van der Waals surface area contributed by atoms with Crippen LogP contribution in [0.25, 0.3) is 0 Å². The lowest BCUT2D eigenvalue weighted by Gasteiger charge is -2.33. The molecule has 2 atom stereocenters. The van der Waals surface area contributed by atoms with Crippen LogP contribution in [0.4, 0.5) is 0 Å². The third-order valence-corrected chi connectivity index (χ3v) is 4.04. The molecule has 0 aliphatic rings. The number of hydrogen-bond donors (Lipinski definition) is 1. The Bertz CT molecular complexity index is 314. The molecule has 17 heavy (non-hydrogen) atoms. The number of aryl methyl sites for hydroxylation is 1. The van der Waals surface area contributed by atoms with E-state index in [2.05, 4.69) is 44.7 Å². The van der Waals surface area contributed by atoms with E-state index in [0.717, 1.165) is 13.1 Å². The molecule has 0 aliphatic heterocycles. The Labute approximate surface area is 110 Å². The van der Waals surface area contributed by atoms with Crippen molar-refractivity contribution in [3.63, 3.8) is 0 Å². The van der Waals surface area contributed by atoms with Crippen molar-refractivity contribution in [3.05, 3.63) is 21.9 Å². The highest BCUT2D eigenvalue weighted by Crippen LogP contribution is 2.29. The van der Waals surface area contributed by atoms with Gasteiger partial charge in [-0.15, -0.1) is 11.3 Å². The highest BCUT2D eigenvalue weighted by atomic mass is 32.1. The minimum Gasteiger partial charge on any atom is -0.326 e. The Balaban J connectivity index is 2.89. The first kappa shape index (κ1) is 14.7. The molecule has 1 rings (SSSR count). The molecule has 1 heterocycles. The normalized spacial score (nSPS) is 15.2. The van der Waals surface area contributed by atoms with Crippen molar-refractivity contribution in [2.24, 2.45) is 5.73 Å². The molecule has 2 nitrogen and oxygen atoms in total. The molecule has 3 heteroatoms. The van der Waals surface area contributed by atoms with Crippen molar-refractivity contribution < 1.29 is 0 Å². The Morgan fingerprint density at radius 3 is 2.18 bits per heavy atom. The highest BCUT2D eigenvalue weighted by Gasteiger charge is 2.24. The maximum Gasteiger partial charge on any atom is 0.0590 e. The SMILES string of the molecule is CCCN(CCC)C(c1ccc(C)s1)C(C)N. The first-order valence-corrected chi connectivity index (χ1v) is 7.47. The van der Waals surface area contributed by atoms with Gasteiger partial charge in [0, 0.05) is 15.8 Å². The molecule has 0 bridgehead atoms. The fourth-order valence-corrected chi connectivity index (χ4v) is 3.48. The molecular weight excluding hydrogens is 228 g/mol. The second-order valence-electron chi connectivity index (χ2n) is 4.79. The summed E-state index contributed by atoms with van der Waals surface area (Å²) in [5, 5.41) is 0. The van der Waals surface area contributed by atoms with E-state index in [1.54, 1.807) is 0 Å². The summed E-state index contributed by atoms with van der Waals surface area (Å²) in [6, 6.07) is 5.01. The van der Waals surface area contributed by atoms with Crippen LogP contribution in [-0.2, 0) is 0 Å². The largest absolute Gasteiger partial charge is 0.326 e. The maximum atomic E-state index is 6.20. The Morgan fingerprint density at radius 1 is 1.24 bits per heavy atom. The quantitative estimate of drug-likeness (QED) is 0.806. The van der Waals surface area contributed by atoms with Gasteiger partial charge >= 0.3 is 0 Å². The lowest BCUT2D eigenvalue weighted by Crippen LogP contribution is -2.40. The summed E-state index contributed by atoms with van der Waals surface area (Å²) in [4.78, 5) is 5.33. The van der Waals surface area contributed by atoms with E-state index >= 15 is 0 Å². The summed E-state index contributed by atoms with van der Waals surface area (Å²) in [5.74, 6) is 0. The Hall–Kier alpha value is -0.380. The molecule has 0 fully saturated rings. The van der Waals surface area contributed by atoms with Crippen molar-refractivity contribution in [1.29, 1.82) is 0 Å². The molecule has 98 valence electrons. The second kappa shape index (κ2) is 7.14. The van der Waals surface area contributed by atoms with Gasteiger partial charge in [0.15, 0.2) is 0 Å². The minimum absolute atomic E-state index is 0.186. The fourth-order valence-electron chi connectivity index (χ4n) is 2.35. The first-order valence-electron chi connectivity index (χ1n) is 6.66. The third-order valence-electron chi connectivity index (χ3n) is 2.97.